The molecule has 51 heavy (non-hydrogen) atoms. The van der Waals surface area contributed by atoms with Crippen molar-refractivity contribution >= 4 is 22.6 Å². The number of nitrogens with zero attached hydrogens (tertiary/aromatic N) is 5. The Morgan fingerprint density at radius 2 is 1.94 bits per heavy atom. The fourth-order valence-electron chi connectivity index (χ4n) is 7.09. The van der Waals surface area contributed by atoms with Crippen LogP contribution in [0.2, 0.25) is 0 Å². The van der Waals surface area contributed by atoms with Gasteiger partial charge in [-0.3, -0.25) is 19.2 Å². The maximum atomic E-state index is 12.6. The monoisotopic (exact) mass is 701 g/mol. The Morgan fingerprint density at radius 3 is 2.75 bits per heavy atom. The maximum absolute atomic E-state index is 12.6. The molecule has 13 heteroatoms. The van der Waals surface area contributed by atoms with E-state index in [0.29, 0.717) is 49.2 Å². The standard InChI is InChI=1S/C38H51N7O6/c1-42(19-15-39-25-33(47)30-6-8-32(46)37-31(30)7-9-35(48)40-37)36(49)12-22-50-21-11-28-4-3-5-29(24-28)26-44-17-13-38(14-18-44)27-45(20-23-51-38)34-10-16-43(2)41-34/h3-10,16,24,33,39,46-47H,11-15,17-23,25-27H2,1-2H3,(H,40,48). The van der Waals surface area contributed by atoms with Crippen LogP contribution in [-0.4, -0.2) is 119 Å². The molecule has 2 aliphatic rings. The number of nitrogens with one attached hydrogen (secondary N) is 2. The first-order valence-corrected chi connectivity index (χ1v) is 17.9. The van der Waals surface area contributed by atoms with Crippen molar-refractivity contribution < 1.29 is 24.5 Å². The van der Waals surface area contributed by atoms with Gasteiger partial charge in [0.25, 0.3) is 0 Å². The van der Waals surface area contributed by atoms with Crippen molar-refractivity contribution in [3.8, 4) is 5.75 Å². The summed E-state index contributed by atoms with van der Waals surface area (Å²) in [7, 11) is 3.72. The lowest BCUT2D eigenvalue weighted by molar-refractivity contribution is -0.131. The van der Waals surface area contributed by atoms with Gasteiger partial charge in [-0.1, -0.05) is 30.3 Å². The Bertz CT molecular complexity index is 1820. The average molecular weight is 702 g/mol. The Kier molecular flexibility index (Phi) is 12.1. The van der Waals surface area contributed by atoms with E-state index in [2.05, 4.69) is 55.5 Å². The average Bonchev–Trinajstić information content (AvgIpc) is 3.57. The van der Waals surface area contributed by atoms with Crippen LogP contribution in [0.25, 0.3) is 10.9 Å². The number of pyridine rings is 1. The lowest BCUT2D eigenvalue weighted by atomic mass is 9.89. The number of morpholine rings is 1. The molecule has 4 aromatic rings. The summed E-state index contributed by atoms with van der Waals surface area (Å²) in [6.07, 6.45) is 4.26. The highest BCUT2D eigenvalue weighted by atomic mass is 16.5. The van der Waals surface area contributed by atoms with Gasteiger partial charge in [-0.25, -0.2) is 0 Å². The normalized spacial score (nSPS) is 16.9. The van der Waals surface area contributed by atoms with Crippen LogP contribution in [0.4, 0.5) is 5.82 Å². The minimum absolute atomic E-state index is 0.000734. The van der Waals surface area contributed by atoms with E-state index >= 15 is 0 Å². The van der Waals surface area contributed by atoms with Crippen LogP contribution in [0.3, 0.4) is 0 Å². The van der Waals surface area contributed by atoms with Crippen LogP contribution in [-0.2, 0) is 34.3 Å². The number of likely N-dealkylation sites (tertiary alicyclic amines) is 1. The molecule has 1 spiro atoms. The number of rotatable bonds is 15. The van der Waals surface area contributed by atoms with Crippen molar-refractivity contribution in [1.29, 1.82) is 0 Å². The lowest BCUT2D eigenvalue weighted by Gasteiger charge is -2.47. The molecule has 2 aromatic carbocycles. The lowest BCUT2D eigenvalue weighted by Crippen LogP contribution is -2.57. The first kappa shape index (κ1) is 36.5. The topological polar surface area (TPSA) is 148 Å². The zero-order chi connectivity index (χ0) is 35.8. The molecule has 0 radical (unpaired) electrons. The van der Waals surface area contributed by atoms with Crippen LogP contribution in [0.5, 0.6) is 5.75 Å². The highest BCUT2D eigenvalue weighted by molar-refractivity contribution is 5.87. The van der Waals surface area contributed by atoms with Gasteiger partial charge in [-0.15, -0.1) is 0 Å². The number of aromatic hydroxyl groups is 1. The molecule has 0 bridgehead atoms. The number of aliphatic hydroxyl groups excluding tert-OH is 1. The number of hydrogen-bond donors (Lipinski definition) is 4. The Labute approximate surface area is 298 Å². The number of piperidine rings is 1. The smallest absolute Gasteiger partial charge is 0.248 e. The van der Waals surface area contributed by atoms with E-state index in [4.69, 9.17) is 9.47 Å². The Balaban J connectivity index is 0.849. The molecule has 2 fully saturated rings. The number of aliphatic hydroxyl groups is 1. The number of benzene rings is 2. The Morgan fingerprint density at radius 1 is 1.12 bits per heavy atom. The number of carbonyl (C=O) groups is 1. The van der Waals surface area contributed by atoms with Gasteiger partial charge in [0.15, 0.2) is 5.82 Å². The Hall–Kier alpha value is -4.27. The minimum atomic E-state index is -0.854. The van der Waals surface area contributed by atoms with Crippen molar-refractivity contribution in [1.82, 2.24) is 29.9 Å². The molecule has 2 aliphatic heterocycles. The maximum Gasteiger partial charge on any atom is 0.248 e. The van der Waals surface area contributed by atoms with Gasteiger partial charge in [0, 0.05) is 90.2 Å². The number of phenolic OH excluding ortho intramolecular Hbond substituents is 1. The molecule has 13 nitrogen and oxygen atoms in total. The van der Waals surface area contributed by atoms with Gasteiger partial charge in [0.1, 0.15) is 5.75 Å². The largest absolute Gasteiger partial charge is 0.506 e. The third-order valence-corrected chi connectivity index (χ3v) is 10.1. The van der Waals surface area contributed by atoms with Crippen LogP contribution in [0.1, 0.15) is 42.1 Å². The van der Waals surface area contributed by atoms with Crippen molar-refractivity contribution in [2.45, 2.75) is 43.9 Å². The number of fused-ring (bicyclic) bond motifs is 1. The van der Waals surface area contributed by atoms with E-state index in [1.807, 2.05) is 17.9 Å². The second kappa shape index (κ2) is 16.8. The van der Waals surface area contributed by atoms with E-state index in [-0.39, 0.29) is 29.4 Å². The molecule has 2 saturated heterocycles. The predicted molar refractivity (Wildman–Crippen MR) is 196 cm³/mol. The fraction of sp³-hybridized carbons (Fsp3) is 0.500. The van der Waals surface area contributed by atoms with Crippen LogP contribution >= 0.6 is 0 Å². The number of phenols is 1. The number of aryl methyl sites for hydroxylation is 1. The summed E-state index contributed by atoms with van der Waals surface area (Å²) < 4.78 is 14.1. The molecule has 0 aliphatic carbocycles. The molecule has 4 heterocycles. The number of aromatic amines is 1. The molecular formula is C38H51N7O6. The van der Waals surface area contributed by atoms with E-state index in [1.54, 1.807) is 24.1 Å². The van der Waals surface area contributed by atoms with E-state index in [1.165, 1.54) is 23.3 Å². The van der Waals surface area contributed by atoms with E-state index < -0.39 is 6.10 Å². The number of H-pyrrole nitrogens is 1. The highest BCUT2D eigenvalue weighted by Crippen LogP contribution is 2.32. The van der Waals surface area contributed by atoms with Crippen molar-refractivity contribution in [2.24, 2.45) is 7.05 Å². The van der Waals surface area contributed by atoms with Gasteiger partial charge in [0.05, 0.1) is 43.5 Å². The number of likely N-dealkylation sites (N-methyl/N-ethyl adjacent to an activating group) is 1. The minimum Gasteiger partial charge on any atom is -0.506 e. The van der Waals surface area contributed by atoms with Crippen molar-refractivity contribution in [3.63, 3.8) is 0 Å². The molecule has 0 saturated carbocycles. The summed E-state index contributed by atoms with van der Waals surface area (Å²) in [6.45, 7) is 7.59. The highest BCUT2D eigenvalue weighted by Gasteiger charge is 2.40. The van der Waals surface area contributed by atoms with Crippen molar-refractivity contribution in [2.75, 3.05) is 77.6 Å². The molecule has 6 rings (SSSR count). The number of hydrogen-bond acceptors (Lipinski definition) is 10. The molecule has 2 aromatic heterocycles. The fourth-order valence-corrected chi connectivity index (χ4v) is 7.09. The summed E-state index contributed by atoms with van der Waals surface area (Å²) in [6, 6.07) is 16.8. The number of anilines is 1. The van der Waals surface area contributed by atoms with Gasteiger partial charge < -0.3 is 39.8 Å². The van der Waals surface area contributed by atoms with Crippen LogP contribution in [0, 0.1) is 0 Å². The first-order chi connectivity index (χ1) is 24.7. The van der Waals surface area contributed by atoms with Crippen LogP contribution in [0.15, 0.2) is 65.6 Å². The number of amides is 1. The van der Waals surface area contributed by atoms with E-state index in [9.17, 15) is 19.8 Å². The molecule has 1 unspecified atom stereocenters. The van der Waals surface area contributed by atoms with Gasteiger partial charge in [-0.2, -0.15) is 5.10 Å². The van der Waals surface area contributed by atoms with E-state index in [0.717, 1.165) is 64.4 Å². The second-order valence-corrected chi connectivity index (χ2v) is 13.8. The third-order valence-electron chi connectivity index (χ3n) is 10.1. The SMILES string of the molecule is CN(CCNCC(O)c1ccc(O)c2[nH]c(=O)ccc12)C(=O)CCOCCc1cccc(CN2CCC3(CC2)CN(c2ccn(C)n2)CCO3)c1. The zero-order valence-electron chi connectivity index (χ0n) is 29.7. The zero-order valence-corrected chi connectivity index (χ0v) is 29.7. The van der Waals surface area contributed by atoms with Gasteiger partial charge in [-0.05, 0) is 48.1 Å². The molecule has 274 valence electrons. The molecule has 1 atom stereocenters. The molecule has 4 N–H and O–H groups in total. The molecular weight excluding hydrogens is 650 g/mol. The van der Waals surface area contributed by atoms with Gasteiger partial charge >= 0.3 is 0 Å². The summed E-state index contributed by atoms with van der Waals surface area (Å²) in [5.74, 6) is 0.982. The summed E-state index contributed by atoms with van der Waals surface area (Å²) in [5, 5.41) is 29.2. The molecule has 1 amide bonds. The number of aromatic nitrogens is 3. The summed E-state index contributed by atoms with van der Waals surface area (Å²) in [5.41, 5.74) is 3.00. The third kappa shape index (κ3) is 9.54. The van der Waals surface area contributed by atoms with Crippen LogP contribution < -0.4 is 15.8 Å². The number of carbonyl (C=O) groups excluding carboxylic acids is 1. The van der Waals surface area contributed by atoms with Crippen molar-refractivity contribution in [3.05, 3.63) is 87.8 Å². The quantitative estimate of drug-likeness (QED) is 0.136. The second-order valence-electron chi connectivity index (χ2n) is 13.8. The number of ether oxygens (including phenoxy) is 2. The summed E-state index contributed by atoms with van der Waals surface area (Å²) in [4.78, 5) is 33.4. The first-order valence-electron chi connectivity index (χ1n) is 17.9. The predicted octanol–water partition coefficient (Wildman–Crippen LogP) is 2.57. The summed E-state index contributed by atoms with van der Waals surface area (Å²) >= 11 is 0. The van der Waals surface area contributed by atoms with Gasteiger partial charge in [0.2, 0.25) is 11.5 Å².